The van der Waals surface area contributed by atoms with Gasteiger partial charge in [-0.15, -0.1) is 11.3 Å². The molecule has 0 saturated carbocycles. The number of carbonyl (C=O) groups is 1. The maximum atomic E-state index is 12.3. The van der Waals surface area contributed by atoms with E-state index in [0.29, 0.717) is 12.5 Å². The normalized spacial score (nSPS) is 28.0. The molecule has 1 unspecified atom stereocenters. The Morgan fingerprint density at radius 1 is 1.48 bits per heavy atom. The molecule has 0 aliphatic carbocycles. The molecule has 21 heavy (non-hydrogen) atoms. The second-order valence-corrected chi connectivity index (χ2v) is 7.49. The number of aromatic nitrogens is 1. The smallest absolute Gasteiger partial charge is 0.237 e. The van der Waals surface area contributed by atoms with Crippen LogP contribution in [-0.4, -0.2) is 41.5 Å². The van der Waals surface area contributed by atoms with Crippen LogP contribution in [0.2, 0.25) is 0 Å². The predicted octanol–water partition coefficient (Wildman–Crippen LogP) is 2.41. The van der Waals surface area contributed by atoms with E-state index in [1.54, 1.807) is 11.3 Å². The van der Waals surface area contributed by atoms with Crippen molar-refractivity contribution in [1.82, 2.24) is 15.2 Å². The third kappa shape index (κ3) is 3.46. The lowest BCUT2D eigenvalue weighted by molar-refractivity contribution is -0.130. The maximum Gasteiger partial charge on any atom is 0.237 e. The zero-order chi connectivity index (χ0) is 14.8. The summed E-state index contributed by atoms with van der Waals surface area (Å²) in [4.78, 5) is 19.3. The molecule has 1 amide bonds. The van der Waals surface area contributed by atoms with Gasteiger partial charge >= 0.3 is 0 Å². The van der Waals surface area contributed by atoms with Crippen LogP contribution in [0.5, 0.6) is 0 Å². The Kier molecular flexibility index (Phi) is 4.60. The van der Waals surface area contributed by atoms with E-state index in [9.17, 15) is 4.79 Å². The summed E-state index contributed by atoms with van der Waals surface area (Å²) in [6, 6.07) is 0.124. The van der Waals surface area contributed by atoms with Gasteiger partial charge in [0.1, 0.15) is 0 Å². The summed E-state index contributed by atoms with van der Waals surface area (Å²) in [5.74, 6) is 1.49. The van der Waals surface area contributed by atoms with E-state index in [4.69, 9.17) is 0 Å². The van der Waals surface area contributed by atoms with Crippen molar-refractivity contribution in [2.75, 3.05) is 19.6 Å². The van der Waals surface area contributed by atoms with Gasteiger partial charge in [0.2, 0.25) is 5.91 Å². The number of fused-ring (bicyclic) bond motifs is 3. The molecule has 5 heteroatoms. The number of nitrogens with zero attached hydrogens (tertiary/aromatic N) is 2. The van der Waals surface area contributed by atoms with E-state index in [1.807, 2.05) is 0 Å². The summed E-state index contributed by atoms with van der Waals surface area (Å²) in [7, 11) is 0. The van der Waals surface area contributed by atoms with Crippen molar-refractivity contribution in [2.24, 2.45) is 5.92 Å². The van der Waals surface area contributed by atoms with Gasteiger partial charge in [-0.3, -0.25) is 9.69 Å². The maximum absolute atomic E-state index is 12.3. The number of carbonyl (C=O) groups excluding carboxylic acids is 1. The van der Waals surface area contributed by atoms with Crippen LogP contribution in [0.25, 0.3) is 0 Å². The van der Waals surface area contributed by atoms with Crippen molar-refractivity contribution < 1.29 is 4.79 Å². The zero-order valence-electron chi connectivity index (χ0n) is 13.0. The molecule has 0 aromatic carbocycles. The largest absolute Gasteiger partial charge is 0.354 e. The lowest BCUT2D eigenvalue weighted by Crippen LogP contribution is -2.55. The Balaban J connectivity index is 1.45. The van der Waals surface area contributed by atoms with Crippen LogP contribution in [0.3, 0.4) is 0 Å². The Morgan fingerprint density at radius 3 is 2.81 bits per heavy atom. The summed E-state index contributed by atoms with van der Waals surface area (Å²) < 4.78 is 0. The van der Waals surface area contributed by atoms with E-state index in [-0.39, 0.29) is 11.9 Å². The van der Waals surface area contributed by atoms with Gasteiger partial charge in [-0.2, -0.15) is 0 Å². The fourth-order valence-corrected chi connectivity index (χ4v) is 4.24. The highest BCUT2D eigenvalue weighted by Crippen LogP contribution is 2.31. The standard InChI is InChI=1S/C16H25N3OS/c1-11(2)16-18-13(10-21-16)3-6-17-15(20)14-9-12-4-7-19(14)8-5-12/h10-12,14H,3-9H2,1-2H3,(H,17,20). The molecule has 1 aromatic rings. The lowest BCUT2D eigenvalue weighted by Gasteiger charge is -2.44. The Morgan fingerprint density at radius 2 is 2.24 bits per heavy atom. The minimum Gasteiger partial charge on any atom is -0.354 e. The number of thiazole rings is 1. The topological polar surface area (TPSA) is 45.2 Å². The SMILES string of the molecule is CC(C)c1nc(CCNC(=O)C2CC3CCN2CC3)cs1. The molecular weight excluding hydrogens is 282 g/mol. The average molecular weight is 307 g/mol. The first-order chi connectivity index (χ1) is 10.1. The minimum absolute atomic E-state index is 0.124. The first-order valence-corrected chi connectivity index (χ1v) is 8.97. The number of nitrogens with one attached hydrogen (secondary N) is 1. The number of amides is 1. The quantitative estimate of drug-likeness (QED) is 0.908. The molecule has 1 atom stereocenters. The summed E-state index contributed by atoms with van der Waals surface area (Å²) >= 11 is 1.72. The van der Waals surface area contributed by atoms with E-state index >= 15 is 0 Å². The summed E-state index contributed by atoms with van der Waals surface area (Å²) in [5.41, 5.74) is 1.11. The van der Waals surface area contributed by atoms with Crippen LogP contribution < -0.4 is 5.32 Å². The Labute approximate surface area is 130 Å². The highest BCUT2D eigenvalue weighted by Gasteiger charge is 2.37. The number of hydrogen-bond donors (Lipinski definition) is 1. The van der Waals surface area contributed by atoms with Crippen LogP contribution in [0.1, 0.15) is 49.7 Å². The molecule has 2 bridgehead atoms. The number of rotatable bonds is 5. The van der Waals surface area contributed by atoms with Crippen LogP contribution in [-0.2, 0) is 11.2 Å². The van der Waals surface area contributed by atoms with Crippen LogP contribution in [0, 0.1) is 5.92 Å². The molecule has 116 valence electrons. The van der Waals surface area contributed by atoms with Gasteiger partial charge in [0.25, 0.3) is 0 Å². The lowest BCUT2D eigenvalue weighted by atomic mass is 9.83. The molecule has 3 aliphatic rings. The van der Waals surface area contributed by atoms with Gasteiger partial charge in [0.15, 0.2) is 0 Å². The van der Waals surface area contributed by atoms with Crippen LogP contribution >= 0.6 is 11.3 Å². The number of hydrogen-bond acceptors (Lipinski definition) is 4. The third-order valence-corrected chi connectivity index (χ3v) is 5.89. The van der Waals surface area contributed by atoms with Crippen molar-refractivity contribution in [3.8, 4) is 0 Å². The van der Waals surface area contributed by atoms with Crippen molar-refractivity contribution in [1.29, 1.82) is 0 Å². The fraction of sp³-hybridized carbons (Fsp3) is 0.750. The molecule has 4 rings (SSSR count). The zero-order valence-corrected chi connectivity index (χ0v) is 13.8. The van der Waals surface area contributed by atoms with E-state index in [1.165, 1.54) is 17.8 Å². The molecule has 3 aliphatic heterocycles. The van der Waals surface area contributed by atoms with Gasteiger partial charge in [0.05, 0.1) is 16.7 Å². The Hall–Kier alpha value is -0.940. The highest BCUT2D eigenvalue weighted by atomic mass is 32.1. The van der Waals surface area contributed by atoms with Crippen LogP contribution in [0.15, 0.2) is 5.38 Å². The van der Waals surface area contributed by atoms with Gasteiger partial charge in [-0.05, 0) is 38.3 Å². The molecule has 3 saturated heterocycles. The van der Waals surface area contributed by atoms with Gasteiger partial charge in [-0.1, -0.05) is 13.8 Å². The summed E-state index contributed by atoms with van der Waals surface area (Å²) in [6.45, 7) is 7.24. The van der Waals surface area contributed by atoms with E-state index in [2.05, 4.69) is 34.4 Å². The van der Waals surface area contributed by atoms with E-state index < -0.39 is 0 Å². The molecule has 4 heterocycles. The molecule has 0 radical (unpaired) electrons. The van der Waals surface area contributed by atoms with Crippen LogP contribution in [0.4, 0.5) is 0 Å². The summed E-state index contributed by atoms with van der Waals surface area (Å²) in [6.07, 6.45) is 4.45. The molecule has 1 N–H and O–H groups in total. The van der Waals surface area contributed by atoms with E-state index in [0.717, 1.165) is 37.5 Å². The van der Waals surface area contributed by atoms with Gasteiger partial charge in [-0.25, -0.2) is 4.98 Å². The first kappa shape index (κ1) is 15.0. The van der Waals surface area contributed by atoms with Gasteiger partial charge < -0.3 is 5.32 Å². The van der Waals surface area contributed by atoms with Crippen molar-refractivity contribution in [3.05, 3.63) is 16.1 Å². The second-order valence-electron chi connectivity index (χ2n) is 6.60. The second kappa shape index (κ2) is 6.44. The fourth-order valence-electron chi connectivity index (χ4n) is 3.37. The summed E-state index contributed by atoms with van der Waals surface area (Å²) in [5, 5.41) is 6.41. The van der Waals surface area contributed by atoms with Crippen molar-refractivity contribution >= 4 is 17.2 Å². The third-order valence-electron chi connectivity index (χ3n) is 4.69. The Bertz CT molecular complexity index is 491. The average Bonchev–Trinajstić information content (AvgIpc) is 2.97. The predicted molar refractivity (Wildman–Crippen MR) is 85.6 cm³/mol. The van der Waals surface area contributed by atoms with Crippen molar-refractivity contribution in [3.63, 3.8) is 0 Å². The van der Waals surface area contributed by atoms with Gasteiger partial charge in [0, 0.05) is 24.3 Å². The van der Waals surface area contributed by atoms with Crippen molar-refractivity contribution in [2.45, 2.75) is 51.5 Å². The first-order valence-electron chi connectivity index (χ1n) is 8.09. The molecular formula is C16H25N3OS. The minimum atomic E-state index is 0.124. The molecule has 4 nitrogen and oxygen atoms in total. The molecule has 3 fully saturated rings. The highest BCUT2D eigenvalue weighted by molar-refractivity contribution is 7.09. The molecule has 0 spiro atoms. The molecule has 1 aromatic heterocycles. The number of piperidine rings is 3. The monoisotopic (exact) mass is 307 g/mol.